The summed E-state index contributed by atoms with van der Waals surface area (Å²) in [5, 5.41) is 41.4. The Hall–Kier alpha value is -2.92. The van der Waals surface area contributed by atoms with Gasteiger partial charge in [-0.25, -0.2) is 8.78 Å². The van der Waals surface area contributed by atoms with Crippen LogP contribution >= 0.6 is 0 Å². The SMILES string of the molecule is Cc1c(O)cccc1COC[C@@H](OCc1ccc(F)cc1)[C@@H](O)[C@H](O)[C@@H](CO)OCc1ccc(F)cc1. The van der Waals surface area contributed by atoms with Crippen molar-refractivity contribution in [3.8, 4) is 5.75 Å². The summed E-state index contributed by atoms with van der Waals surface area (Å²) in [6.45, 7) is 1.12. The van der Waals surface area contributed by atoms with E-state index in [1.54, 1.807) is 25.1 Å². The monoisotopic (exact) mass is 518 g/mol. The predicted molar refractivity (Wildman–Crippen MR) is 132 cm³/mol. The second-order valence-electron chi connectivity index (χ2n) is 8.69. The third kappa shape index (κ3) is 8.57. The van der Waals surface area contributed by atoms with E-state index < -0.39 is 42.7 Å². The molecule has 4 N–H and O–H groups in total. The Bertz CT molecular complexity index is 1090. The molecule has 0 spiro atoms. The molecule has 37 heavy (non-hydrogen) atoms. The Labute approximate surface area is 214 Å². The Balaban J connectivity index is 1.66. The van der Waals surface area contributed by atoms with Crippen molar-refractivity contribution < 1.29 is 43.4 Å². The third-order valence-electron chi connectivity index (χ3n) is 6.00. The van der Waals surface area contributed by atoms with Gasteiger partial charge in [-0.2, -0.15) is 0 Å². The molecule has 0 amide bonds. The zero-order valence-electron chi connectivity index (χ0n) is 20.5. The number of halogens is 2. The van der Waals surface area contributed by atoms with Crippen molar-refractivity contribution in [3.63, 3.8) is 0 Å². The smallest absolute Gasteiger partial charge is 0.123 e. The lowest BCUT2D eigenvalue weighted by Gasteiger charge is -2.31. The first-order valence-electron chi connectivity index (χ1n) is 11.8. The van der Waals surface area contributed by atoms with E-state index in [9.17, 15) is 29.2 Å². The van der Waals surface area contributed by atoms with Gasteiger partial charge in [0.1, 0.15) is 41.8 Å². The molecular weight excluding hydrogens is 486 g/mol. The van der Waals surface area contributed by atoms with Crippen LogP contribution in [0.5, 0.6) is 5.75 Å². The van der Waals surface area contributed by atoms with E-state index in [-0.39, 0.29) is 32.2 Å². The highest BCUT2D eigenvalue weighted by Crippen LogP contribution is 2.21. The van der Waals surface area contributed by atoms with Crippen LogP contribution in [-0.4, -0.2) is 58.1 Å². The van der Waals surface area contributed by atoms with Crippen LogP contribution in [0, 0.1) is 18.6 Å². The molecule has 9 heteroatoms. The van der Waals surface area contributed by atoms with Crippen molar-refractivity contribution in [2.24, 2.45) is 0 Å². The van der Waals surface area contributed by atoms with Gasteiger partial charge in [-0.05, 0) is 59.5 Å². The molecule has 0 saturated carbocycles. The van der Waals surface area contributed by atoms with Gasteiger partial charge in [0.2, 0.25) is 0 Å². The minimum Gasteiger partial charge on any atom is -0.508 e. The van der Waals surface area contributed by atoms with Crippen LogP contribution in [0.15, 0.2) is 66.7 Å². The van der Waals surface area contributed by atoms with Crippen LogP contribution in [0.3, 0.4) is 0 Å². The molecule has 0 unspecified atom stereocenters. The summed E-state index contributed by atoms with van der Waals surface area (Å²) >= 11 is 0. The number of phenolic OH excluding ortho intramolecular Hbond substituents is 1. The van der Waals surface area contributed by atoms with E-state index in [1.165, 1.54) is 48.5 Å². The molecule has 0 aliphatic rings. The van der Waals surface area contributed by atoms with Gasteiger partial charge >= 0.3 is 0 Å². The zero-order valence-corrected chi connectivity index (χ0v) is 20.5. The van der Waals surface area contributed by atoms with Crippen LogP contribution in [0.1, 0.15) is 22.3 Å². The molecule has 0 heterocycles. The average Bonchev–Trinajstić information content (AvgIpc) is 2.90. The summed E-state index contributed by atoms with van der Waals surface area (Å²) in [7, 11) is 0. The molecule has 0 saturated heterocycles. The maximum Gasteiger partial charge on any atom is 0.123 e. The van der Waals surface area contributed by atoms with E-state index in [0.29, 0.717) is 16.7 Å². The summed E-state index contributed by atoms with van der Waals surface area (Å²) in [6.07, 6.45) is -5.27. The van der Waals surface area contributed by atoms with Crippen LogP contribution in [0.25, 0.3) is 0 Å². The molecule has 4 atom stereocenters. The lowest BCUT2D eigenvalue weighted by molar-refractivity contribution is -0.165. The number of ether oxygens (including phenoxy) is 3. The van der Waals surface area contributed by atoms with Crippen molar-refractivity contribution in [3.05, 3.63) is 101 Å². The largest absolute Gasteiger partial charge is 0.508 e. The van der Waals surface area contributed by atoms with Crippen molar-refractivity contribution in [2.45, 2.75) is 51.2 Å². The molecule has 0 fully saturated rings. The maximum absolute atomic E-state index is 13.2. The van der Waals surface area contributed by atoms with Gasteiger partial charge in [-0.15, -0.1) is 0 Å². The maximum atomic E-state index is 13.2. The van der Waals surface area contributed by atoms with E-state index in [4.69, 9.17) is 14.2 Å². The fraction of sp³-hybridized carbons (Fsp3) is 0.357. The molecule has 0 aromatic heterocycles. The summed E-state index contributed by atoms with van der Waals surface area (Å²) in [4.78, 5) is 0. The van der Waals surface area contributed by atoms with Crippen LogP contribution in [0.2, 0.25) is 0 Å². The van der Waals surface area contributed by atoms with Gasteiger partial charge in [-0.1, -0.05) is 36.4 Å². The number of phenols is 1. The van der Waals surface area contributed by atoms with Gasteiger partial charge in [0.05, 0.1) is 33.0 Å². The molecule has 3 rings (SSSR count). The molecule has 3 aromatic rings. The average molecular weight is 519 g/mol. The van der Waals surface area contributed by atoms with Gasteiger partial charge in [0.25, 0.3) is 0 Å². The molecular formula is C28H32F2O7. The quantitative estimate of drug-likeness (QED) is 0.259. The first-order chi connectivity index (χ1) is 17.8. The first kappa shape index (κ1) is 28.6. The van der Waals surface area contributed by atoms with Crippen LogP contribution in [-0.2, 0) is 34.0 Å². The molecule has 0 aliphatic heterocycles. The van der Waals surface area contributed by atoms with E-state index in [1.807, 2.05) is 0 Å². The summed E-state index contributed by atoms with van der Waals surface area (Å²) in [5.74, 6) is -0.672. The van der Waals surface area contributed by atoms with E-state index in [0.717, 1.165) is 5.56 Å². The van der Waals surface area contributed by atoms with Gasteiger partial charge in [0.15, 0.2) is 0 Å². The third-order valence-corrected chi connectivity index (χ3v) is 6.00. The predicted octanol–water partition coefficient (Wildman–Crippen LogP) is 3.38. The minimum atomic E-state index is -1.55. The number of hydrogen-bond donors (Lipinski definition) is 4. The molecule has 7 nitrogen and oxygen atoms in total. The molecule has 0 bridgehead atoms. The minimum absolute atomic E-state index is 0.00344. The summed E-state index contributed by atoms with van der Waals surface area (Å²) in [5.41, 5.74) is 2.66. The Morgan fingerprint density at radius 1 is 0.730 bits per heavy atom. The Morgan fingerprint density at radius 2 is 1.24 bits per heavy atom. The first-order valence-corrected chi connectivity index (χ1v) is 11.8. The highest BCUT2D eigenvalue weighted by molar-refractivity contribution is 5.37. The van der Waals surface area contributed by atoms with Crippen molar-refractivity contribution in [1.29, 1.82) is 0 Å². The lowest BCUT2D eigenvalue weighted by atomic mass is 10.0. The highest BCUT2D eigenvalue weighted by atomic mass is 19.1. The Morgan fingerprint density at radius 3 is 1.78 bits per heavy atom. The molecule has 200 valence electrons. The molecule has 0 radical (unpaired) electrons. The zero-order chi connectivity index (χ0) is 26.8. The van der Waals surface area contributed by atoms with Crippen LogP contribution < -0.4 is 0 Å². The molecule has 3 aromatic carbocycles. The number of aliphatic hydroxyl groups is 3. The van der Waals surface area contributed by atoms with E-state index >= 15 is 0 Å². The molecule has 0 aliphatic carbocycles. The van der Waals surface area contributed by atoms with E-state index in [2.05, 4.69) is 0 Å². The highest BCUT2D eigenvalue weighted by Gasteiger charge is 2.34. The number of benzene rings is 3. The standard InChI is InChI=1S/C28H32F2O7/c1-18-21(3-2-4-24(18)32)16-35-17-26(37-15-20-7-11-23(30)12-8-20)28(34)27(33)25(13-31)36-14-19-5-9-22(29)10-6-19/h2-12,25-28,31-34H,13-17H2,1H3/t25-,26-,27-,28-/m1/s1. The lowest BCUT2D eigenvalue weighted by Crippen LogP contribution is -2.49. The second kappa shape index (κ2) is 14.1. The number of aromatic hydroxyl groups is 1. The fourth-order valence-electron chi connectivity index (χ4n) is 3.62. The number of aliphatic hydroxyl groups excluding tert-OH is 3. The summed E-state index contributed by atoms with van der Waals surface area (Å²) < 4.78 is 43.5. The fourth-order valence-corrected chi connectivity index (χ4v) is 3.62. The Kier molecular flexibility index (Phi) is 10.9. The topological polar surface area (TPSA) is 109 Å². The van der Waals surface area contributed by atoms with Crippen molar-refractivity contribution in [2.75, 3.05) is 13.2 Å². The van der Waals surface area contributed by atoms with Gasteiger partial charge in [-0.3, -0.25) is 0 Å². The van der Waals surface area contributed by atoms with Gasteiger partial charge < -0.3 is 34.6 Å². The van der Waals surface area contributed by atoms with Crippen molar-refractivity contribution in [1.82, 2.24) is 0 Å². The second-order valence-corrected chi connectivity index (χ2v) is 8.69. The normalized spacial score (nSPS) is 14.8. The van der Waals surface area contributed by atoms with Crippen molar-refractivity contribution >= 4 is 0 Å². The van der Waals surface area contributed by atoms with Crippen LogP contribution in [0.4, 0.5) is 8.78 Å². The number of hydrogen-bond acceptors (Lipinski definition) is 7. The number of rotatable bonds is 14. The van der Waals surface area contributed by atoms with Gasteiger partial charge in [0, 0.05) is 0 Å². The summed E-state index contributed by atoms with van der Waals surface area (Å²) in [6, 6.07) is 16.2.